The molecule has 2 fully saturated rings. The predicted molar refractivity (Wildman–Crippen MR) is 66.0 cm³/mol. The van der Waals surface area contributed by atoms with E-state index >= 15 is 0 Å². The minimum atomic E-state index is 0.764. The monoisotopic (exact) mass is 209 g/mol. The Morgan fingerprint density at radius 3 is 2.13 bits per heavy atom. The molecule has 1 atom stereocenters. The maximum atomic E-state index is 3.84. The summed E-state index contributed by atoms with van der Waals surface area (Å²) in [5.74, 6) is 1.94. The molecule has 15 heavy (non-hydrogen) atoms. The zero-order chi connectivity index (χ0) is 10.7. The van der Waals surface area contributed by atoms with Crippen molar-refractivity contribution in [2.75, 3.05) is 0 Å². The van der Waals surface area contributed by atoms with Gasteiger partial charge in [-0.15, -0.1) is 0 Å². The van der Waals surface area contributed by atoms with Crippen LogP contribution in [0.3, 0.4) is 0 Å². The molecule has 2 rings (SSSR count). The molecular weight excluding hydrogens is 182 g/mol. The van der Waals surface area contributed by atoms with Gasteiger partial charge in [-0.1, -0.05) is 32.6 Å². The Bertz CT molecular complexity index is 176. The van der Waals surface area contributed by atoms with Gasteiger partial charge in [0.15, 0.2) is 0 Å². The van der Waals surface area contributed by atoms with Gasteiger partial charge < -0.3 is 5.32 Å². The van der Waals surface area contributed by atoms with Crippen LogP contribution in [0.2, 0.25) is 0 Å². The lowest BCUT2D eigenvalue weighted by Crippen LogP contribution is -2.47. The second-order valence-corrected chi connectivity index (χ2v) is 5.98. The molecule has 0 spiro atoms. The first-order chi connectivity index (χ1) is 7.25. The molecule has 1 N–H and O–H groups in total. The Morgan fingerprint density at radius 2 is 1.60 bits per heavy atom. The lowest BCUT2D eigenvalue weighted by molar-refractivity contribution is 0.197. The fourth-order valence-corrected chi connectivity index (χ4v) is 3.36. The van der Waals surface area contributed by atoms with Gasteiger partial charge in [-0.05, 0) is 44.4 Å². The summed E-state index contributed by atoms with van der Waals surface area (Å²) >= 11 is 0. The highest BCUT2D eigenvalue weighted by atomic mass is 15.0. The summed E-state index contributed by atoms with van der Waals surface area (Å²) in [4.78, 5) is 0. The van der Waals surface area contributed by atoms with Crippen LogP contribution in [0, 0.1) is 11.8 Å². The number of hydrogen-bond acceptors (Lipinski definition) is 1. The third-order valence-corrected chi connectivity index (χ3v) is 4.48. The number of rotatable bonds is 3. The second-order valence-electron chi connectivity index (χ2n) is 5.98. The van der Waals surface area contributed by atoms with Gasteiger partial charge in [0, 0.05) is 12.1 Å². The molecule has 2 aliphatic carbocycles. The van der Waals surface area contributed by atoms with E-state index < -0.39 is 0 Å². The van der Waals surface area contributed by atoms with Crippen LogP contribution in [-0.2, 0) is 0 Å². The van der Waals surface area contributed by atoms with E-state index in [2.05, 4.69) is 19.2 Å². The summed E-state index contributed by atoms with van der Waals surface area (Å²) in [5.41, 5.74) is 0. The Labute approximate surface area is 95.0 Å². The van der Waals surface area contributed by atoms with Crippen LogP contribution >= 0.6 is 0 Å². The first-order valence-corrected chi connectivity index (χ1v) is 7.01. The minimum Gasteiger partial charge on any atom is -0.311 e. The molecule has 0 aliphatic heterocycles. The molecule has 0 unspecified atom stereocenters. The lowest BCUT2D eigenvalue weighted by Gasteiger charge is -2.37. The van der Waals surface area contributed by atoms with Crippen LogP contribution in [0.1, 0.15) is 65.2 Å². The van der Waals surface area contributed by atoms with E-state index in [9.17, 15) is 0 Å². The molecule has 0 radical (unpaired) electrons. The van der Waals surface area contributed by atoms with E-state index in [4.69, 9.17) is 0 Å². The molecule has 0 aromatic carbocycles. The molecule has 0 heterocycles. The largest absolute Gasteiger partial charge is 0.311 e. The minimum absolute atomic E-state index is 0.764. The maximum Gasteiger partial charge on any atom is 0.00747 e. The van der Waals surface area contributed by atoms with Crippen molar-refractivity contribution in [2.45, 2.75) is 77.3 Å². The molecule has 1 heteroatoms. The van der Waals surface area contributed by atoms with Gasteiger partial charge in [-0.25, -0.2) is 0 Å². The maximum absolute atomic E-state index is 3.84. The molecule has 2 aliphatic rings. The van der Waals surface area contributed by atoms with Crippen molar-refractivity contribution in [3.63, 3.8) is 0 Å². The van der Waals surface area contributed by atoms with Crippen LogP contribution in [-0.4, -0.2) is 12.1 Å². The molecule has 0 bridgehead atoms. The van der Waals surface area contributed by atoms with Gasteiger partial charge in [-0.2, -0.15) is 0 Å². The zero-order valence-electron chi connectivity index (χ0n) is 10.5. The average Bonchev–Trinajstić information content (AvgIpc) is 2.43. The van der Waals surface area contributed by atoms with Gasteiger partial charge in [0.25, 0.3) is 0 Å². The molecular formula is C14H27N. The summed E-state index contributed by atoms with van der Waals surface area (Å²) in [6.07, 6.45) is 11.7. The van der Waals surface area contributed by atoms with E-state index in [0.717, 1.165) is 23.9 Å². The molecule has 0 amide bonds. The smallest absolute Gasteiger partial charge is 0.00747 e. The number of nitrogens with one attached hydrogen (secondary N) is 1. The van der Waals surface area contributed by atoms with Gasteiger partial charge in [-0.3, -0.25) is 0 Å². The topological polar surface area (TPSA) is 12.0 Å². The molecule has 0 aromatic heterocycles. The van der Waals surface area contributed by atoms with Gasteiger partial charge in [0.1, 0.15) is 0 Å². The van der Waals surface area contributed by atoms with E-state index in [0.29, 0.717) is 0 Å². The summed E-state index contributed by atoms with van der Waals surface area (Å²) < 4.78 is 0. The average molecular weight is 209 g/mol. The van der Waals surface area contributed by atoms with Crippen LogP contribution in [0.15, 0.2) is 0 Å². The van der Waals surface area contributed by atoms with E-state index in [1.807, 2.05) is 0 Å². The quantitative estimate of drug-likeness (QED) is 0.698. The third-order valence-electron chi connectivity index (χ3n) is 4.48. The summed E-state index contributed by atoms with van der Waals surface area (Å²) in [6.45, 7) is 4.79. The second kappa shape index (κ2) is 5.34. The van der Waals surface area contributed by atoms with Crippen LogP contribution in [0.5, 0.6) is 0 Å². The van der Waals surface area contributed by atoms with Gasteiger partial charge >= 0.3 is 0 Å². The first kappa shape index (κ1) is 11.4. The van der Waals surface area contributed by atoms with Crippen molar-refractivity contribution in [3.05, 3.63) is 0 Å². The van der Waals surface area contributed by atoms with Gasteiger partial charge in [0.2, 0.25) is 0 Å². The van der Waals surface area contributed by atoms with Crippen molar-refractivity contribution in [2.24, 2.45) is 11.8 Å². The Balaban J connectivity index is 1.71. The Kier molecular flexibility index (Phi) is 4.07. The van der Waals surface area contributed by atoms with Crippen molar-refractivity contribution >= 4 is 0 Å². The van der Waals surface area contributed by atoms with Crippen molar-refractivity contribution in [3.8, 4) is 0 Å². The van der Waals surface area contributed by atoms with Gasteiger partial charge in [0.05, 0.1) is 0 Å². The van der Waals surface area contributed by atoms with E-state index in [1.54, 1.807) is 0 Å². The lowest BCUT2D eigenvalue weighted by atomic mass is 9.80. The Morgan fingerprint density at radius 1 is 1.00 bits per heavy atom. The molecule has 88 valence electrons. The molecule has 0 saturated heterocycles. The summed E-state index contributed by atoms with van der Waals surface area (Å²) in [5, 5.41) is 3.84. The van der Waals surface area contributed by atoms with Crippen LogP contribution in [0.25, 0.3) is 0 Å². The number of hydrogen-bond donors (Lipinski definition) is 1. The molecule has 1 nitrogen and oxygen atoms in total. The van der Waals surface area contributed by atoms with Crippen molar-refractivity contribution < 1.29 is 0 Å². The summed E-state index contributed by atoms with van der Waals surface area (Å²) in [6, 6.07) is 1.61. The highest BCUT2D eigenvalue weighted by molar-refractivity contribution is 4.86. The summed E-state index contributed by atoms with van der Waals surface area (Å²) in [7, 11) is 0. The first-order valence-electron chi connectivity index (χ1n) is 7.01. The molecule has 0 aromatic rings. The van der Waals surface area contributed by atoms with Crippen molar-refractivity contribution in [1.29, 1.82) is 0 Å². The normalized spacial score (nSPS) is 35.6. The fourth-order valence-electron chi connectivity index (χ4n) is 3.36. The Hall–Kier alpha value is -0.0400. The molecule has 2 saturated carbocycles. The van der Waals surface area contributed by atoms with Crippen LogP contribution < -0.4 is 5.32 Å². The zero-order valence-corrected chi connectivity index (χ0v) is 10.5. The van der Waals surface area contributed by atoms with E-state index in [1.165, 1.54) is 51.4 Å². The fraction of sp³-hybridized carbons (Fsp3) is 1.00. The predicted octanol–water partition coefficient (Wildman–Crippen LogP) is 3.73. The highest BCUT2D eigenvalue weighted by Crippen LogP contribution is 2.30. The van der Waals surface area contributed by atoms with E-state index in [-0.39, 0.29) is 0 Å². The van der Waals surface area contributed by atoms with Crippen LogP contribution in [0.4, 0.5) is 0 Å². The highest BCUT2D eigenvalue weighted by Gasteiger charge is 2.28. The third kappa shape index (κ3) is 3.21. The van der Waals surface area contributed by atoms with Crippen molar-refractivity contribution in [1.82, 2.24) is 5.32 Å². The standard InChI is InChI=1S/C14H27N/c1-11-9-14(10-11)15-12(2)13-7-5-3-4-6-8-13/h11-15H,3-10H2,1-2H3/t11?,12-,14?/m0/s1. The SMILES string of the molecule is CC1CC(N[C@@H](C)C2CCCCCC2)C1.